The predicted molar refractivity (Wildman–Crippen MR) is 164 cm³/mol. The Kier molecular flexibility index (Phi) is 9.52. The summed E-state index contributed by atoms with van der Waals surface area (Å²) in [5.74, 6) is -4.50. The van der Waals surface area contributed by atoms with E-state index in [0.29, 0.717) is 23.5 Å². The third-order valence-electron chi connectivity index (χ3n) is 6.70. The molecule has 43 heavy (non-hydrogen) atoms. The molecule has 0 atom stereocenters. The van der Waals surface area contributed by atoms with Crippen molar-refractivity contribution in [2.24, 2.45) is 7.05 Å². The maximum atomic E-state index is 14.2. The van der Waals surface area contributed by atoms with E-state index in [4.69, 9.17) is 8.92 Å². The van der Waals surface area contributed by atoms with Crippen LogP contribution in [0.25, 0.3) is 11.1 Å². The lowest BCUT2D eigenvalue weighted by atomic mass is 9.97. The third kappa shape index (κ3) is 7.75. The van der Waals surface area contributed by atoms with Crippen molar-refractivity contribution in [2.45, 2.75) is 19.4 Å². The second kappa shape index (κ2) is 12.8. The zero-order chi connectivity index (χ0) is 31.5. The van der Waals surface area contributed by atoms with Crippen LogP contribution in [0.4, 0.5) is 19.0 Å². The number of aryl methyl sites for hydroxylation is 1. The van der Waals surface area contributed by atoms with Crippen LogP contribution in [-0.2, 0) is 17.8 Å². The Balaban J connectivity index is 0.00000353. The molecule has 1 fully saturated rings. The molecule has 3 heterocycles. The van der Waals surface area contributed by atoms with E-state index < -0.39 is 52.5 Å². The Labute approximate surface area is 251 Å². The molecule has 0 aliphatic carbocycles. The highest BCUT2D eigenvalue weighted by molar-refractivity contribution is 8.28. The van der Waals surface area contributed by atoms with Gasteiger partial charge in [0, 0.05) is 41.7 Å². The van der Waals surface area contributed by atoms with Gasteiger partial charge in [-0.05, 0) is 60.4 Å². The number of likely N-dealkylation sites (tertiary alicyclic amines) is 1. The van der Waals surface area contributed by atoms with Crippen molar-refractivity contribution < 1.29 is 34.5 Å². The van der Waals surface area contributed by atoms with E-state index in [-0.39, 0.29) is 37.8 Å². The zero-order valence-corrected chi connectivity index (χ0v) is 25.3. The molecule has 0 unspecified atom stereocenters. The number of benzene rings is 1. The van der Waals surface area contributed by atoms with Crippen LogP contribution in [0.15, 0.2) is 47.4 Å². The number of nitrogens with zero attached hydrogens (tertiary/aromatic N) is 3. The minimum atomic E-state index is -2.99. The quantitative estimate of drug-likeness (QED) is 0.323. The van der Waals surface area contributed by atoms with E-state index in [1.54, 1.807) is 27.3 Å². The largest absolute Gasteiger partial charge is 0.478 e. The first kappa shape index (κ1) is 32.0. The molecule has 2 N–H and O–H groups in total. The smallest absolute Gasteiger partial charge is 0.282 e. The van der Waals surface area contributed by atoms with E-state index in [2.05, 4.69) is 15.6 Å². The summed E-state index contributed by atoms with van der Waals surface area (Å²) in [7, 11) is 1.90. The number of nitrogens with one attached hydrogen (secondary N) is 2. The minimum absolute atomic E-state index is 0. The summed E-state index contributed by atoms with van der Waals surface area (Å²) in [6, 6.07) is 7.87. The molecule has 4 rings (SSSR count). The van der Waals surface area contributed by atoms with Crippen LogP contribution in [0.1, 0.15) is 36.1 Å². The van der Waals surface area contributed by atoms with Gasteiger partial charge in [0.1, 0.15) is 17.2 Å². The number of hydrogen-bond acceptors (Lipinski definition) is 7. The minimum Gasteiger partial charge on any atom is -0.478 e. The normalized spacial score (nSPS) is 14.7. The average Bonchev–Trinajstić information content (AvgIpc) is 2.93. The van der Waals surface area contributed by atoms with Crippen LogP contribution >= 0.6 is 10.3 Å². The molecule has 0 spiro atoms. The van der Waals surface area contributed by atoms with E-state index >= 15 is 0 Å². The van der Waals surface area contributed by atoms with Gasteiger partial charge in [-0.3, -0.25) is 14.4 Å². The Hall–Kier alpha value is -3.88. The number of alkyl halides is 2. The number of halogens is 3. The van der Waals surface area contributed by atoms with Crippen molar-refractivity contribution in [3.63, 3.8) is 0 Å². The van der Waals surface area contributed by atoms with Gasteiger partial charge in [-0.1, -0.05) is 6.07 Å². The van der Waals surface area contributed by atoms with E-state index in [9.17, 15) is 27.6 Å². The van der Waals surface area contributed by atoms with Gasteiger partial charge in [-0.15, -0.1) is 10.3 Å². The predicted octanol–water partition coefficient (Wildman–Crippen LogP) is 4.49. The highest BCUT2D eigenvalue weighted by Gasteiger charge is 2.46. The summed E-state index contributed by atoms with van der Waals surface area (Å²) in [5.41, 5.74) is 0.462. The molecule has 2 amide bonds. The Bertz CT molecular complexity index is 1600. The maximum Gasteiger partial charge on any atom is 0.282 e. The lowest BCUT2D eigenvalue weighted by molar-refractivity contribution is -0.113. The molecule has 1 saturated heterocycles. The lowest BCUT2D eigenvalue weighted by Gasteiger charge is -2.39. The molecular formula is C29H38F3N5O5S. The van der Waals surface area contributed by atoms with E-state index in [0.717, 1.165) is 17.0 Å². The Morgan fingerprint density at radius 2 is 1.86 bits per heavy atom. The van der Waals surface area contributed by atoms with Crippen LogP contribution in [0, 0.1) is 5.82 Å². The van der Waals surface area contributed by atoms with Crippen LogP contribution in [0.5, 0.6) is 5.88 Å². The molecule has 236 valence electrons. The zero-order valence-electron chi connectivity index (χ0n) is 24.5. The van der Waals surface area contributed by atoms with Crippen molar-refractivity contribution in [1.82, 2.24) is 19.8 Å². The molecule has 1 aromatic carbocycles. The van der Waals surface area contributed by atoms with Crippen molar-refractivity contribution in [3.05, 3.63) is 75.5 Å². The molecule has 2 aromatic heterocycles. The van der Waals surface area contributed by atoms with Crippen molar-refractivity contribution in [3.8, 4) is 17.0 Å². The molecular weight excluding hydrogens is 587 g/mol. The number of carbonyl (C=O) groups is 2. The van der Waals surface area contributed by atoms with Crippen LogP contribution in [0.3, 0.4) is 0 Å². The fourth-order valence-electron chi connectivity index (χ4n) is 4.44. The summed E-state index contributed by atoms with van der Waals surface area (Å²) in [6.07, 6.45) is 5.64. The summed E-state index contributed by atoms with van der Waals surface area (Å²) in [6.45, 7) is 0.804. The molecule has 0 bridgehead atoms. The van der Waals surface area contributed by atoms with Gasteiger partial charge in [0.05, 0.1) is 25.3 Å². The monoisotopic (exact) mass is 625 g/mol. The number of anilines is 1. The van der Waals surface area contributed by atoms with E-state index in [1.807, 2.05) is 12.5 Å². The van der Waals surface area contributed by atoms with Gasteiger partial charge in [-0.25, -0.2) is 13.2 Å². The first-order chi connectivity index (χ1) is 20.2. The summed E-state index contributed by atoms with van der Waals surface area (Å²) >= 11 is 0. The number of carbonyl (C=O) groups excluding carboxylic acids is 2. The second-order valence-corrected chi connectivity index (χ2v) is 14.0. The molecule has 14 heteroatoms. The lowest BCUT2D eigenvalue weighted by Crippen LogP contribution is -2.58. The van der Waals surface area contributed by atoms with Crippen molar-refractivity contribution >= 4 is 27.9 Å². The van der Waals surface area contributed by atoms with Gasteiger partial charge in [-0.2, -0.15) is 4.98 Å². The van der Waals surface area contributed by atoms with E-state index in [1.165, 1.54) is 28.8 Å². The third-order valence-corrected chi connectivity index (χ3v) is 8.51. The van der Waals surface area contributed by atoms with Gasteiger partial charge < -0.3 is 29.0 Å². The van der Waals surface area contributed by atoms with Gasteiger partial charge >= 0.3 is 0 Å². The van der Waals surface area contributed by atoms with Gasteiger partial charge in [0.2, 0.25) is 5.88 Å². The second-order valence-electron chi connectivity index (χ2n) is 10.5. The summed E-state index contributed by atoms with van der Waals surface area (Å²) in [4.78, 5) is 44.5. The van der Waals surface area contributed by atoms with Gasteiger partial charge in [0.25, 0.3) is 23.3 Å². The topological polar surface area (TPSA) is 115 Å². The number of pyridine rings is 2. The number of aromatic nitrogens is 2. The number of rotatable bonds is 11. The maximum absolute atomic E-state index is 14.2. The first-order valence-corrected chi connectivity index (χ1v) is 15.9. The highest BCUT2D eigenvalue weighted by Crippen LogP contribution is 2.38. The molecule has 1 aliphatic heterocycles. The SMILES string of the molecule is CCOc1cc(-c2ccc(F)cc2C(=O)N2CC(F)(F)C2)cc(NC(=O)c2cc(CNCS(C)(C)OC)cn(C)c2=O)n1.[HH].[HH]. The van der Waals surface area contributed by atoms with Crippen molar-refractivity contribution in [2.75, 3.05) is 50.5 Å². The number of ether oxygens (including phenoxy) is 1. The standard InChI is InChI=1S/C29H34F3N5O5S.2H2/c1-6-42-25-11-19(21-8-7-20(30)12-22(21)28(40)37-15-29(31,32)16-37)10-24(34-25)35-26(38)23-9-18(14-36(2)27(23)39)13-33-17-43(4,5)41-3;;/h7-12,14,33H,6,13,15-17H2,1-5H3,(H,34,35,38);2*1H. The number of amides is 2. The molecule has 1 aliphatic rings. The highest BCUT2D eigenvalue weighted by atomic mass is 32.3. The molecule has 10 nitrogen and oxygen atoms in total. The fourth-order valence-corrected chi connectivity index (χ4v) is 5.15. The fraction of sp³-hybridized carbons (Fsp3) is 0.379. The first-order valence-electron chi connectivity index (χ1n) is 13.3. The Morgan fingerprint density at radius 3 is 2.51 bits per heavy atom. The summed E-state index contributed by atoms with van der Waals surface area (Å²) < 4.78 is 53.5. The Morgan fingerprint density at radius 1 is 1.14 bits per heavy atom. The number of hydrogen-bond donors (Lipinski definition) is 2. The van der Waals surface area contributed by atoms with Crippen LogP contribution in [0.2, 0.25) is 0 Å². The molecule has 3 aromatic rings. The van der Waals surface area contributed by atoms with Crippen LogP contribution in [-0.4, -0.2) is 77.4 Å². The summed E-state index contributed by atoms with van der Waals surface area (Å²) in [5, 5.41) is 5.90. The molecule has 0 radical (unpaired) electrons. The molecule has 0 saturated carbocycles. The average molecular weight is 626 g/mol. The van der Waals surface area contributed by atoms with Crippen LogP contribution < -0.4 is 20.9 Å². The van der Waals surface area contributed by atoms with Crippen molar-refractivity contribution in [1.29, 1.82) is 0 Å². The van der Waals surface area contributed by atoms with Gasteiger partial charge in [0.15, 0.2) is 0 Å².